The lowest BCUT2D eigenvalue weighted by Crippen LogP contribution is -2.25. The lowest BCUT2D eigenvalue weighted by Gasteiger charge is -2.18. The summed E-state index contributed by atoms with van der Waals surface area (Å²) in [6, 6.07) is 18.1. The summed E-state index contributed by atoms with van der Waals surface area (Å²) in [5.74, 6) is -2.45. The average molecular weight is 601 g/mol. The molecule has 0 radical (unpaired) electrons. The summed E-state index contributed by atoms with van der Waals surface area (Å²) in [5, 5.41) is 6.29. The Balaban J connectivity index is 1.55. The van der Waals surface area contributed by atoms with Crippen LogP contribution in [-0.4, -0.2) is 51.5 Å². The molecule has 226 valence electrons. The first-order chi connectivity index (χ1) is 21.3. The van der Waals surface area contributed by atoms with Crippen molar-refractivity contribution in [3.63, 3.8) is 0 Å². The third-order valence-corrected chi connectivity index (χ3v) is 7.26. The van der Waals surface area contributed by atoms with Crippen molar-refractivity contribution in [1.29, 1.82) is 0 Å². The summed E-state index contributed by atoms with van der Waals surface area (Å²) in [6.45, 7) is 7.40. The van der Waals surface area contributed by atoms with Crippen molar-refractivity contribution in [2.45, 2.75) is 20.3 Å². The summed E-state index contributed by atoms with van der Waals surface area (Å²) in [6.07, 6.45) is 0.791. The van der Waals surface area contributed by atoms with Gasteiger partial charge in [-0.3, -0.25) is 14.2 Å². The fraction of sp³-hybridized carbons (Fsp3) is 0.212. The Morgan fingerprint density at radius 1 is 0.864 bits per heavy atom. The van der Waals surface area contributed by atoms with Crippen molar-refractivity contribution < 1.29 is 18.0 Å². The van der Waals surface area contributed by atoms with Crippen LogP contribution in [0.5, 0.6) is 0 Å². The highest BCUT2D eigenvalue weighted by Crippen LogP contribution is 2.29. The molecule has 0 bridgehead atoms. The maximum atomic E-state index is 14.9. The first-order valence-corrected chi connectivity index (χ1v) is 14.3. The number of carbonyl (C=O) groups is 1. The lowest BCUT2D eigenvalue weighted by molar-refractivity contribution is 0.102. The number of nitrogens with zero attached hydrogens (tertiary/aromatic N) is 4. The first-order valence-electron chi connectivity index (χ1n) is 14.3. The number of benzene rings is 3. The van der Waals surface area contributed by atoms with Crippen molar-refractivity contribution in [2.75, 3.05) is 36.8 Å². The molecule has 5 aromatic rings. The molecule has 0 saturated heterocycles. The molecule has 0 aliphatic carbocycles. The fourth-order valence-corrected chi connectivity index (χ4v) is 4.89. The highest BCUT2D eigenvalue weighted by molar-refractivity contribution is 6.04. The molecule has 11 heteroatoms. The number of halogens is 3. The second kappa shape index (κ2) is 13.5. The highest BCUT2D eigenvalue weighted by atomic mass is 19.1. The monoisotopic (exact) mass is 600 g/mol. The third kappa shape index (κ3) is 6.63. The van der Waals surface area contributed by atoms with Crippen LogP contribution in [0.1, 0.15) is 30.6 Å². The molecule has 0 unspecified atom stereocenters. The summed E-state index contributed by atoms with van der Waals surface area (Å²) in [5.41, 5.74) is 0.600. The van der Waals surface area contributed by atoms with E-state index >= 15 is 0 Å². The Morgan fingerprint density at radius 2 is 1.55 bits per heavy atom. The maximum absolute atomic E-state index is 14.9. The van der Waals surface area contributed by atoms with E-state index in [1.54, 1.807) is 24.3 Å². The van der Waals surface area contributed by atoms with Crippen LogP contribution in [0.4, 0.5) is 24.8 Å². The number of rotatable bonds is 11. The molecular formula is C33H31F3N6O2. The van der Waals surface area contributed by atoms with E-state index in [1.807, 2.05) is 0 Å². The molecule has 2 N–H and O–H groups in total. The summed E-state index contributed by atoms with van der Waals surface area (Å²) in [7, 11) is 0. The Labute approximate surface area is 252 Å². The van der Waals surface area contributed by atoms with Crippen LogP contribution in [0.3, 0.4) is 0 Å². The number of aromatic nitrogens is 3. The number of hydrogen-bond acceptors (Lipinski definition) is 6. The summed E-state index contributed by atoms with van der Waals surface area (Å²) in [4.78, 5) is 37.4. The molecule has 0 atom stereocenters. The molecule has 0 spiro atoms. The number of fused-ring (bicyclic) bond motifs is 1. The van der Waals surface area contributed by atoms with Crippen LogP contribution in [0, 0.1) is 17.5 Å². The number of pyridine rings is 1. The maximum Gasteiger partial charge on any atom is 0.256 e. The van der Waals surface area contributed by atoms with Gasteiger partial charge in [0, 0.05) is 34.8 Å². The highest BCUT2D eigenvalue weighted by Gasteiger charge is 2.20. The lowest BCUT2D eigenvalue weighted by atomic mass is 10.1. The summed E-state index contributed by atoms with van der Waals surface area (Å²) >= 11 is 0. The molecule has 2 heterocycles. The topological polar surface area (TPSA) is 92.2 Å². The van der Waals surface area contributed by atoms with Gasteiger partial charge in [0.15, 0.2) is 5.65 Å². The van der Waals surface area contributed by atoms with Gasteiger partial charge in [-0.25, -0.2) is 18.2 Å². The molecular weight excluding hydrogens is 569 g/mol. The van der Waals surface area contributed by atoms with Crippen molar-refractivity contribution in [1.82, 2.24) is 19.4 Å². The minimum Gasteiger partial charge on any atom is -0.354 e. The van der Waals surface area contributed by atoms with Gasteiger partial charge >= 0.3 is 0 Å². The molecule has 5 rings (SSSR count). The molecule has 0 aliphatic heterocycles. The molecule has 8 nitrogen and oxygen atoms in total. The number of hydrogen-bond donors (Lipinski definition) is 2. The standard InChI is InChI=1S/C33H31F3N6O2/c1-3-41(4-2)20-6-19-37-33-39-29(21-9-11-22(12-10-21)32(44)38-24-15-13-23(34)14-16-24)25-17-18-28(43)42(31(25)40-33)30-26(35)7-5-8-27(30)36/h5,7-18H,3-4,6,19-20H2,1-2H3,(H,38,44)(H,37,39,40). The zero-order valence-corrected chi connectivity index (χ0v) is 24.3. The first kappa shape index (κ1) is 30.4. The number of nitrogens with one attached hydrogen (secondary N) is 2. The Kier molecular flexibility index (Phi) is 9.35. The van der Waals surface area contributed by atoms with Crippen molar-refractivity contribution in [3.8, 4) is 16.9 Å². The van der Waals surface area contributed by atoms with E-state index in [0.717, 1.165) is 42.8 Å². The van der Waals surface area contributed by atoms with E-state index in [1.165, 1.54) is 42.5 Å². The zero-order valence-electron chi connectivity index (χ0n) is 24.3. The molecule has 2 aromatic heterocycles. The van der Waals surface area contributed by atoms with E-state index in [0.29, 0.717) is 34.4 Å². The third-order valence-electron chi connectivity index (χ3n) is 7.26. The van der Waals surface area contributed by atoms with Crippen LogP contribution in [0.25, 0.3) is 28.0 Å². The van der Waals surface area contributed by atoms with Crippen LogP contribution in [-0.2, 0) is 0 Å². The summed E-state index contributed by atoms with van der Waals surface area (Å²) < 4.78 is 44.0. The number of anilines is 2. The van der Waals surface area contributed by atoms with Crippen LogP contribution < -0.4 is 16.2 Å². The van der Waals surface area contributed by atoms with Gasteiger partial charge in [0.25, 0.3) is 11.5 Å². The quantitative estimate of drug-likeness (QED) is 0.174. The van der Waals surface area contributed by atoms with Crippen LogP contribution in [0.15, 0.2) is 83.7 Å². The molecule has 0 saturated carbocycles. The van der Waals surface area contributed by atoms with Gasteiger partial charge in [0.05, 0.1) is 5.69 Å². The second-order valence-electron chi connectivity index (χ2n) is 10.1. The van der Waals surface area contributed by atoms with Gasteiger partial charge in [-0.1, -0.05) is 32.0 Å². The number of carbonyl (C=O) groups excluding carboxylic acids is 1. The largest absolute Gasteiger partial charge is 0.354 e. The van der Waals surface area contributed by atoms with E-state index in [2.05, 4.69) is 34.4 Å². The van der Waals surface area contributed by atoms with Crippen LogP contribution >= 0.6 is 0 Å². The number of para-hydroxylation sites is 1. The predicted octanol–water partition coefficient (Wildman–Crippen LogP) is 6.26. The van der Waals surface area contributed by atoms with Gasteiger partial charge in [0.2, 0.25) is 5.95 Å². The van der Waals surface area contributed by atoms with Gasteiger partial charge in [-0.15, -0.1) is 0 Å². The van der Waals surface area contributed by atoms with E-state index in [4.69, 9.17) is 4.98 Å². The Hall–Kier alpha value is -5.03. The average Bonchev–Trinajstić information content (AvgIpc) is 3.03. The SMILES string of the molecule is CCN(CC)CCCNc1nc(-c2ccc(C(=O)Nc3ccc(F)cc3)cc2)c2ccc(=O)n(-c3c(F)cccc3F)c2n1. The minimum atomic E-state index is -0.912. The van der Waals surface area contributed by atoms with Gasteiger partial charge < -0.3 is 15.5 Å². The van der Waals surface area contributed by atoms with E-state index < -0.39 is 34.6 Å². The normalized spacial score (nSPS) is 11.2. The number of amides is 1. The van der Waals surface area contributed by atoms with Crippen molar-refractivity contribution >= 4 is 28.6 Å². The van der Waals surface area contributed by atoms with Gasteiger partial charge in [-0.05, 0) is 80.7 Å². The van der Waals surface area contributed by atoms with Gasteiger partial charge in [0.1, 0.15) is 23.1 Å². The molecule has 3 aromatic carbocycles. The minimum absolute atomic E-state index is 0.0240. The molecule has 0 aliphatic rings. The van der Waals surface area contributed by atoms with E-state index in [9.17, 15) is 22.8 Å². The molecule has 1 amide bonds. The van der Waals surface area contributed by atoms with Crippen LogP contribution in [0.2, 0.25) is 0 Å². The Bertz CT molecular complexity index is 1820. The van der Waals surface area contributed by atoms with Crippen molar-refractivity contribution in [2.24, 2.45) is 0 Å². The van der Waals surface area contributed by atoms with E-state index in [-0.39, 0.29) is 11.6 Å². The van der Waals surface area contributed by atoms with Gasteiger partial charge in [-0.2, -0.15) is 4.98 Å². The molecule has 0 fully saturated rings. The predicted molar refractivity (Wildman–Crippen MR) is 166 cm³/mol. The zero-order chi connectivity index (χ0) is 31.2. The van der Waals surface area contributed by atoms with Crippen molar-refractivity contribution in [3.05, 3.63) is 112 Å². The fourth-order valence-electron chi connectivity index (χ4n) is 4.89. The Morgan fingerprint density at radius 3 is 2.20 bits per heavy atom. The molecule has 44 heavy (non-hydrogen) atoms. The smallest absolute Gasteiger partial charge is 0.256 e. The second-order valence-corrected chi connectivity index (χ2v) is 10.1.